The highest BCUT2D eigenvalue weighted by Gasteiger charge is 2.13. The molecular formula is C15H20FN3O. The lowest BCUT2D eigenvalue weighted by molar-refractivity contribution is -0.130. The Kier molecular flexibility index (Phi) is 4.71. The molecule has 5 heteroatoms. The number of imidazole rings is 1. The molecule has 0 aromatic carbocycles. The van der Waals surface area contributed by atoms with Crippen molar-refractivity contribution in [3.63, 3.8) is 0 Å². The molecule has 2 heterocycles. The molecule has 0 saturated heterocycles. The number of fused-ring (bicyclic) bond motifs is 1. The number of unbranched alkanes of at least 4 members (excludes halogenated alkanes) is 1. The normalized spacial score (nSPS) is 10.9. The molecule has 0 fully saturated rings. The van der Waals surface area contributed by atoms with E-state index in [1.165, 1.54) is 12.3 Å². The minimum Gasteiger partial charge on any atom is -0.343 e. The largest absolute Gasteiger partial charge is 0.343 e. The van der Waals surface area contributed by atoms with Crippen LogP contribution in [0.3, 0.4) is 0 Å². The number of carbonyl (C=O) groups is 1. The monoisotopic (exact) mass is 277 g/mol. The molecule has 0 radical (unpaired) electrons. The number of carbonyl (C=O) groups excluding carboxylic acids is 1. The maximum absolute atomic E-state index is 13.1. The Balaban J connectivity index is 2.08. The number of pyridine rings is 1. The van der Waals surface area contributed by atoms with Gasteiger partial charge in [0.25, 0.3) is 0 Å². The van der Waals surface area contributed by atoms with E-state index in [0.29, 0.717) is 17.9 Å². The zero-order chi connectivity index (χ0) is 14.5. The Morgan fingerprint density at radius 3 is 2.85 bits per heavy atom. The molecule has 0 aliphatic carbocycles. The first kappa shape index (κ1) is 14.5. The molecule has 2 aromatic rings. The first-order valence-electron chi connectivity index (χ1n) is 7.05. The van der Waals surface area contributed by atoms with Gasteiger partial charge in [-0.25, -0.2) is 9.37 Å². The molecule has 0 N–H and O–H groups in total. The van der Waals surface area contributed by atoms with Crippen molar-refractivity contribution < 1.29 is 9.18 Å². The van der Waals surface area contributed by atoms with E-state index in [4.69, 9.17) is 0 Å². The van der Waals surface area contributed by atoms with Gasteiger partial charge in [0.05, 0.1) is 12.1 Å². The number of hydrogen-bond donors (Lipinski definition) is 0. The van der Waals surface area contributed by atoms with Crippen molar-refractivity contribution in [2.75, 3.05) is 13.1 Å². The Labute approximate surface area is 118 Å². The van der Waals surface area contributed by atoms with E-state index in [1.807, 2.05) is 11.8 Å². The van der Waals surface area contributed by atoms with E-state index in [1.54, 1.807) is 16.7 Å². The fraction of sp³-hybridized carbons (Fsp3) is 0.467. The van der Waals surface area contributed by atoms with Crippen LogP contribution in [0.15, 0.2) is 24.5 Å². The van der Waals surface area contributed by atoms with Crippen LogP contribution in [0, 0.1) is 5.82 Å². The van der Waals surface area contributed by atoms with Crippen molar-refractivity contribution in [3.8, 4) is 0 Å². The summed E-state index contributed by atoms with van der Waals surface area (Å²) in [5, 5.41) is 0. The molecule has 0 aliphatic rings. The first-order chi connectivity index (χ1) is 9.63. The van der Waals surface area contributed by atoms with E-state index in [2.05, 4.69) is 11.9 Å². The Morgan fingerprint density at radius 2 is 2.15 bits per heavy atom. The minimum atomic E-state index is -0.314. The number of nitrogens with zero attached hydrogens (tertiary/aromatic N) is 3. The summed E-state index contributed by atoms with van der Waals surface area (Å²) in [4.78, 5) is 18.4. The summed E-state index contributed by atoms with van der Waals surface area (Å²) in [6, 6.07) is 2.98. The summed E-state index contributed by atoms with van der Waals surface area (Å²) in [6.45, 7) is 5.58. The molecule has 4 nitrogen and oxygen atoms in total. The maximum Gasteiger partial charge on any atom is 0.228 e. The standard InChI is InChI=1S/C15H20FN3O/c1-3-5-8-18(4-2)15(20)9-13-11-19-10-12(16)6-7-14(19)17-13/h6-7,10-11H,3-5,8-9H2,1-2H3. The molecule has 0 aliphatic heterocycles. The van der Waals surface area contributed by atoms with Gasteiger partial charge in [0, 0.05) is 25.5 Å². The third-order valence-electron chi connectivity index (χ3n) is 3.31. The van der Waals surface area contributed by atoms with Crippen LogP contribution in [0.25, 0.3) is 5.65 Å². The predicted molar refractivity (Wildman–Crippen MR) is 76.0 cm³/mol. The Bertz CT molecular complexity index is 594. The molecule has 0 unspecified atom stereocenters. The number of rotatable bonds is 6. The molecular weight excluding hydrogens is 257 g/mol. The first-order valence-corrected chi connectivity index (χ1v) is 7.05. The van der Waals surface area contributed by atoms with Gasteiger partial charge in [-0.15, -0.1) is 0 Å². The fourth-order valence-electron chi connectivity index (χ4n) is 2.18. The van der Waals surface area contributed by atoms with Gasteiger partial charge in [0.2, 0.25) is 5.91 Å². The number of amides is 1. The van der Waals surface area contributed by atoms with Crippen LogP contribution in [0.4, 0.5) is 4.39 Å². The average molecular weight is 277 g/mol. The van der Waals surface area contributed by atoms with Gasteiger partial charge in [0.1, 0.15) is 11.5 Å². The van der Waals surface area contributed by atoms with E-state index in [9.17, 15) is 9.18 Å². The zero-order valence-corrected chi connectivity index (χ0v) is 12.0. The molecule has 0 spiro atoms. The summed E-state index contributed by atoms with van der Waals surface area (Å²) in [5.41, 5.74) is 1.33. The van der Waals surface area contributed by atoms with Crippen LogP contribution in [0.2, 0.25) is 0 Å². The SMILES string of the molecule is CCCCN(CC)C(=O)Cc1cn2cc(F)ccc2n1. The van der Waals surface area contributed by atoms with Crippen molar-refractivity contribution in [1.29, 1.82) is 0 Å². The van der Waals surface area contributed by atoms with Gasteiger partial charge >= 0.3 is 0 Å². The molecule has 20 heavy (non-hydrogen) atoms. The number of likely N-dealkylation sites (N-methyl/N-ethyl adjacent to an activating group) is 1. The van der Waals surface area contributed by atoms with E-state index >= 15 is 0 Å². The van der Waals surface area contributed by atoms with Crippen molar-refractivity contribution in [2.24, 2.45) is 0 Å². The summed E-state index contributed by atoms with van der Waals surface area (Å²) in [7, 11) is 0. The molecule has 0 bridgehead atoms. The molecule has 0 atom stereocenters. The van der Waals surface area contributed by atoms with Crippen LogP contribution in [0.1, 0.15) is 32.4 Å². The highest BCUT2D eigenvalue weighted by atomic mass is 19.1. The summed E-state index contributed by atoms with van der Waals surface area (Å²) in [6.07, 6.45) is 5.42. The van der Waals surface area contributed by atoms with Crippen molar-refractivity contribution >= 4 is 11.6 Å². The van der Waals surface area contributed by atoms with Crippen LogP contribution >= 0.6 is 0 Å². The summed E-state index contributed by atoms with van der Waals surface area (Å²) < 4.78 is 14.7. The third kappa shape index (κ3) is 3.35. The van der Waals surface area contributed by atoms with Crippen molar-refractivity contribution in [2.45, 2.75) is 33.1 Å². The zero-order valence-electron chi connectivity index (χ0n) is 12.0. The lowest BCUT2D eigenvalue weighted by atomic mass is 10.2. The van der Waals surface area contributed by atoms with Crippen LogP contribution < -0.4 is 0 Å². The van der Waals surface area contributed by atoms with Gasteiger partial charge in [-0.1, -0.05) is 13.3 Å². The second-order valence-electron chi connectivity index (χ2n) is 4.85. The summed E-state index contributed by atoms with van der Waals surface area (Å²) in [5.74, 6) is -0.240. The Morgan fingerprint density at radius 1 is 1.35 bits per heavy atom. The van der Waals surface area contributed by atoms with Gasteiger partial charge < -0.3 is 9.30 Å². The predicted octanol–water partition coefficient (Wildman–Crippen LogP) is 2.66. The van der Waals surface area contributed by atoms with Gasteiger partial charge in [0.15, 0.2) is 0 Å². The van der Waals surface area contributed by atoms with Crippen molar-refractivity contribution in [3.05, 3.63) is 36.0 Å². The third-order valence-corrected chi connectivity index (χ3v) is 3.31. The smallest absolute Gasteiger partial charge is 0.228 e. The quantitative estimate of drug-likeness (QED) is 0.814. The Hall–Kier alpha value is -1.91. The fourth-order valence-corrected chi connectivity index (χ4v) is 2.18. The van der Waals surface area contributed by atoms with E-state index in [-0.39, 0.29) is 18.1 Å². The molecule has 1 amide bonds. The highest BCUT2D eigenvalue weighted by molar-refractivity contribution is 5.78. The van der Waals surface area contributed by atoms with E-state index in [0.717, 1.165) is 19.4 Å². The minimum absolute atomic E-state index is 0.0739. The topological polar surface area (TPSA) is 37.6 Å². The molecule has 2 aromatic heterocycles. The molecule has 2 rings (SSSR count). The number of hydrogen-bond acceptors (Lipinski definition) is 2. The lowest BCUT2D eigenvalue weighted by Crippen LogP contribution is -2.33. The second kappa shape index (κ2) is 6.50. The highest BCUT2D eigenvalue weighted by Crippen LogP contribution is 2.09. The number of aromatic nitrogens is 2. The van der Waals surface area contributed by atoms with Gasteiger partial charge in [-0.05, 0) is 25.5 Å². The van der Waals surface area contributed by atoms with Gasteiger partial charge in [-0.2, -0.15) is 0 Å². The molecule has 0 saturated carbocycles. The lowest BCUT2D eigenvalue weighted by Gasteiger charge is -2.19. The van der Waals surface area contributed by atoms with Crippen molar-refractivity contribution in [1.82, 2.24) is 14.3 Å². The van der Waals surface area contributed by atoms with Gasteiger partial charge in [-0.3, -0.25) is 4.79 Å². The van der Waals surface area contributed by atoms with Crippen LogP contribution in [-0.4, -0.2) is 33.3 Å². The van der Waals surface area contributed by atoms with E-state index < -0.39 is 0 Å². The maximum atomic E-state index is 13.1. The average Bonchev–Trinajstić information content (AvgIpc) is 2.80. The summed E-state index contributed by atoms with van der Waals surface area (Å²) >= 11 is 0. The second-order valence-corrected chi connectivity index (χ2v) is 4.85. The van der Waals surface area contributed by atoms with Crippen LogP contribution in [-0.2, 0) is 11.2 Å². The molecule has 108 valence electrons. The van der Waals surface area contributed by atoms with Crippen LogP contribution in [0.5, 0.6) is 0 Å². The number of halogens is 1.